The second-order valence-corrected chi connectivity index (χ2v) is 4.31. The van der Waals surface area contributed by atoms with Crippen molar-refractivity contribution in [1.82, 2.24) is 9.80 Å². The molecular weight excluding hydrogens is 200 g/mol. The minimum Gasteiger partial charge on any atom is -0.310 e. The Morgan fingerprint density at radius 3 is 2.69 bits per heavy atom. The third-order valence-corrected chi connectivity index (χ3v) is 2.89. The zero-order valence-electron chi connectivity index (χ0n) is 10.6. The van der Waals surface area contributed by atoms with Crippen LogP contribution < -0.4 is 0 Å². The standard InChI is InChI=1S/C13H22N2O/c1-5-7-11(3)12(6-2)15-9-8-14(4)10-13(15)16/h6H,3,5,7-10H2,1-2,4H3. The van der Waals surface area contributed by atoms with Crippen molar-refractivity contribution in [2.45, 2.75) is 26.7 Å². The highest BCUT2D eigenvalue weighted by molar-refractivity contribution is 5.81. The van der Waals surface area contributed by atoms with Crippen LogP contribution in [0, 0.1) is 0 Å². The number of allylic oxidation sites excluding steroid dienone is 2. The number of nitrogens with zero attached hydrogens (tertiary/aromatic N) is 2. The average Bonchev–Trinajstić information content (AvgIpc) is 2.22. The van der Waals surface area contributed by atoms with Gasteiger partial charge in [-0.3, -0.25) is 9.69 Å². The summed E-state index contributed by atoms with van der Waals surface area (Å²) in [6.07, 6.45) is 4.03. The summed E-state index contributed by atoms with van der Waals surface area (Å²) in [7, 11) is 1.98. The normalized spacial score (nSPS) is 19.1. The van der Waals surface area contributed by atoms with E-state index in [0.717, 1.165) is 37.2 Å². The van der Waals surface area contributed by atoms with Crippen LogP contribution in [0.4, 0.5) is 0 Å². The van der Waals surface area contributed by atoms with E-state index in [1.807, 2.05) is 24.9 Å². The summed E-state index contributed by atoms with van der Waals surface area (Å²) in [5, 5.41) is 0. The van der Waals surface area contributed by atoms with E-state index in [1.165, 1.54) is 0 Å². The summed E-state index contributed by atoms with van der Waals surface area (Å²) in [5.41, 5.74) is 2.09. The van der Waals surface area contributed by atoms with Crippen LogP contribution in [-0.4, -0.2) is 42.4 Å². The molecule has 0 N–H and O–H groups in total. The summed E-state index contributed by atoms with van der Waals surface area (Å²) >= 11 is 0. The van der Waals surface area contributed by atoms with Crippen LogP contribution >= 0.6 is 0 Å². The molecule has 1 aliphatic heterocycles. The molecule has 1 rings (SSSR count). The van der Waals surface area contributed by atoms with Crippen molar-refractivity contribution in [3.8, 4) is 0 Å². The van der Waals surface area contributed by atoms with Gasteiger partial charge >= 0.3 is 0 Å². The van der Waals surface area contributed by atoms with Crippen LogP contribution in [-0.2, 0) is 4.79 Å². The lowest BCUT2D eigenvalue weighted by molar-refractivity contribution is -0.133. The lowest BCUT2D eigenvalue weighted by Gasteiger charge is -2.34. The van der Waals surface area contributed by atoms with E-state index < -0.39 is 0 Å². The Kier molecular flexibility index (Phi) is 4.74. The van der Waals surface area contributed by atoms with E-state index in [1.54, 1.807) is 0 Å². The highest BCUT2D eigenvalue weighted by Gasteiger charge is 2.24. The first-order valence-corrected chi connectivity index (χ1v) is 5.93. The zero-order valence-corrected chi connectivity index (χ0v) is 10.6. The average molecular weight is 222 g/mol. The lowest BCUT2D eigenvalue weighted by Crippen LogP contribution is -2.48. The molecule has 0 aromatic carbocycles. The molecule has 1 heterocycles. The number of hydrogen-bond acceptors (Lipinski definition) is 2. The molecule has 1 fully saturated rings. The van der Waals surface area contributed by atoms with E-state index in [4.69, 9.17) is 0 Å². The maximum Gasteiger partial charge on any atom is 0.241 e. The van der Waals surface area contributed by atoms with E-state index in [0.29, 0.717) is 6.54 Å². The molecule has 3 nitrogen and oxygen atoms in total. The Balaban J connectivity index is 2.74. The van der Waals surface area contributed by atoms with Gasteiger partial charge in [-0.05, 0) is 26.0 Å². The minimum absolute atomic E-state index is 0.180. The molecule has 90 valence electrons. The molecule has 3 heteroatoms. The van der Waals surface area contributed by atoms with Gasteiger partial charge in [0.2, 0.25) is 5.91 Å². The molecule has 1 aliphatic rings. The van der Waals surface area contributed by atoms with Crippen LogP contribution in [0.15, 0.2) is 23.9 Å². The Hall–Kier alpha value is -1.09. The lowest BCUT2D eigenvalue weighted by atomic mass is 10.1. The molecule has 0 spiro atoms. The van der Waals surface area contributed by atoms with Crippen molar-refractivity contribution in [2.24, 2.45) is 0 Å². The van der Waals surface area contributed by atoms with Crippen molar-refractivity contribution in [2.75, 3.05) is 26.7 Å². The molecule has 0 aromatic rings. The highest BCUT2D eigenvalue weighted by Crippen LogP contribution is 2.20. The van der Waals surface area contributed by atoms with Gasteiger partial charge in [0.1, 0.15) is 0 Å². The maximum absolute atomic E-state index is 11.9. The third-order valence-electron chi connectivity index (χ3n) is 2.89. The highest BCUT2D eigenvalue weighted by atomic mass is 16.2. The van der Waals surface area contributed by atoms with Gasteiger partial charge in [0.25, 0.3) is 0 Å². The molecule has 0 saturated carbocycles. The van der Waals surface area contributed by atoms with Crippen molar-refractivity contribution < 1.29 is 4.79 Å². The molecule has 0 atom stereocenters. The van der Waals surface area contributed by atoms with Crippen LogP contribution in [0.2, 0.25) is 0 Å². The summed E-state index contributed by atoms with van der Waals surface area (Å²) in [5.74, 6) is 0.180. The number of rotatable bonds is 4. The predicted molar refractivity (Wildman–Crippen MR) is 67.0 cm³/mol. The van der Waals surface area contributed by atoms with Gasteiger partial charge < -0.3 is 4.90 Å². The first kappa shape index (κ1) is 13.0. The Labute approximate surface area is 98.4 Å². The number of carbonyl (C=O) groups excluding carboxylic acids is 1. The Morgan fingerprint density at radius 1 is 1.50 bits per heavy atom. The fourth-order valence-electron chi connectivity index (χ4n) is 2.03. The predicted octanol–water partition coefficient (Wildman–Crippen LogP) is 2.02. The number of amides is 1. The molecule has 1 amide bonds. The van der Waals surface area contributed by atoms with E-state index >= 15 is 0 Å². The van der Waals surface area contributed by atoms with Crippen molar-refractivity contribution in [1.29, 1.82) is 0 Å². The van der Waals surface area contributed by atoms with Crippen molar-refractivity contribution >= 4 is 5.91 Å². The first-order chi connectivity index (χ1) is 7.60. The molecule has 0 unspecified atom stereocenters. The topological polar surface area (TPSA) is 23.6 Å². The molecule has 0 bridgehead atoms. The van der Waals surface area contributed by atoms with E-state index in [2.05, 4.69) is 18.4 Å². The van der Waals surface area contributed by atoms with Crippen molar-refractivity contribution in [3.63, 3.8) is 0 Å². The number of carbonyl (C=O) groups is 1. The van der Waals surface area contributed by atoms with E-state index in [9.17, 15) is 4.79 Å². The summed E-state index contributed by atoms with van der Waals surface area (Å²) in [4.78, 5) is 15.8. The molecule has 16 heavy (non-hydrogen) atoms. The fourth-order valence-corrected chi connectivity index (χ4v) is 2.03. The van der Waals surface area contributed by atoms with Crippen LogP contribution in [0.25, 0.3) is 0 Å². The zero-order chi connectivity index (χ0) is 12.1. The van der Waals surface area contributed by atoms with Gasteiger partial charge in [-0.25, -0.2) is 0 Å². The minimum atomic E-state index is 0.180. The van der Waals surface area contributed by atoms with Gasteiger partial charge in [-0.1, -0.05) is 26.0 Å². The summed E-state index contributed by atoms with van der Waals surface area (Å²) < 4.78 is 0. The van der Waals surface area contributed by atoms with Crippen molar-refractivity contribution in [3.05, 3.63) is 23.9 Å². The van der Waals surface area contributed by atoms with Gasteiger partial charge in [0, 0.05) is 18.8 Å². The van der Waals surface area contributed by atoms with Gasteiger partial charge in [0.15, 0.2) is 0 Å². The van der Waals surface area contributed by atoms with Crippen LogP contribution in [0.3, 0.4) is 0 Å². The third kappa shape index (κ3) is 2.95. The second-order valence-electron chi connectivity index (χ2n) is 4.31. The molecule has 0 aromatic heterocycles. The number of likely N-dealkylation sites (N-methyl/N-ethyl adjacent to an activating group) is 1. The number of hydrogen-bond donors (Lipinski definition) is 0. The van der Waals surface area contributed by atoms with Crippen LogP contribution in [0.1, 0.15) is 26.7 Å². The molecule has 1 saturated heterocycles. The van der Waals surface area contributed by atoms with Gasteiger partial charge in [-0.15, -0.1) is 0 Å². The van der Waals surface area contributed by atoms with Crippen LogP contribution in [0.5, 0.6) is 0 Å². The number of piperazine rings is 1. The smallest absolute Gasteiger partial charge is 0.241 e. The molecule has 0 aliphatic carbocycles. The Morgan fingerprint density at radius 2 is 2.19 bits per heavy atom. The van der Waals surface area contributed by atoms with Gasteiger partial charge in [-0.2, -0.15) is 0 Å². The second kappa shape index (κ2) is 5.85. The molecular formula is C13H22N2O. The summed E-state index contributed by atoms with van der Waals surface area (Å²) in [6, 6.07) is 0. The molecule has 0 radical (unpaired) electrons. The van der Waals surface area contributed by atoms with E-state index in [-0.39, 0.29) is 5.91 Å². The quantitative estimate of drug-likeness (QED) is 0.679. The monoisotopic (exact) mass is 222 g/mol. The van der Waals surface area contributed by atoms with Gasteiger partial charge in [0.05, 0.1) is 6.54 Å². The Bertz CT molecular complexity index is 307. The largest absolute Gasteiger partial charge is 0.310 e. The maximum atomic E-state index is 11.9. The SMILES string of the molecule is C=C(CCC)C(=CC)N1CCN(C)CC1=O. The summed E-state index contributed by atoms with van der Waals surface area (Å²) in [6.45, 7) is 10.4. The fraction of sp³-hybridized carbons (Fsp3) is 0.615. The first-order valence-electron chi connectivity index (χ1n) is 5.93.